The minimum Gasteiger partial charge on any atom is -0.355 e. The molecule has 0 bridgehead atoms. The second-order valence-electron chi connectivity index (χ2n) is 7.63. The summed E-state index contributed by atoms with van der Waals surface area (Å²) in [6, 6.07) is 18.5. The Morgan fingerprint density at radius 3 is 1.42 bits per heavy atom. The highest BCUT2D eigenvalue weighted by molar-refractivity contribution is 5.82. The molecule has 7 nitrogen and oxygen atoms in total. The van der Waals surface area contributed by atoms with E-state index in [9.17, 15) is 9.59 Å². The Bertz CT molecular complexity index is 705. The molecule has 2 aromatic rings. The van der Waals surface area contributed by atoms with Gasteiger partial charge in [0.15, 0.2) is 0 Å². The fourth-order valence-electron chi connectivity index (χ4n) is 3.16. The summed E-state index contributed by atoms with van der Waals surface area (Å²) < 4.78 is 0. The monoisotopic (exact) mass is 425 g/mol. The second-order valence-corrected chi connectivity index (χ2v) is 7.63. The smallest absolute Gasteiger partial charge is 0.237 e. The maximum Gasteiger partial charge on any atom is 0.237 e. The lowest BCUT2D eigenvalue weighted by Gasteiger charge is -2.13. The molecule has 7 heteroatoms. The van der Waals surface area contributed by atoms with Crippen molar-refractivity contribution in [1.29, 1.82) is 0 Å². The van der Waals surface area contributed by atoms with E-state index in [1.165, 1.54) is 0 Å². The zero-order chi connectivity index (χ0) is 22.3. The summed E-state index contributed by atoms with van der Waals surface area (Å²) in [5, 5.41) is 9.06. The third-order valence-electron chi connectivity index (χ3n) is 4.93. The molecular weight excluding hydrogens is 390 g/mol. The Morgan fingerprint density at radius 2 is 1.03 bits per heavy atom. The van der Waals surface area contributed by atoms with Crippen molar-refractivity contribution in [1.82, 2.24) is 16.0 Å². The molecule has 2 aromatic carbocycles. The number of nitrogens with one attached hydrogen (secondary N) is 3. The van der Waals surface area contributed by atoms with E-state index in [0.717, 1.165) is 37.1 Å². The van der Waals surface area contributed by atoms with E-state index in [4.69, 9.17) is 11.5 Å². The van der Waals surface area contributed by atoms with Crippen molar-refractivity contribution in [3.8, 4) is 0 Å². The summed E-state index contributed by atoms with van der Waals surface area (Å²) >= 11 is 0. The van der Waals surface area contributed by atoms with Crippen molar-refractivity contribution < 1.29 is 9.59 Å². The standard InChI is InChI=1S/C24H35N5O2/c25-21(17-19-9-3-1-4-10-19)23(30)28-15-7-13-27-14-8-16-29-24(31)22(26)18-20-11-5-2-6-12-20/h1-6,9-12,21-22,27H,7-8,13-18,25-26H2,(H,28,30)(H,29,31)/t21-,22-/m0/s1. The van der Waals surface area contributed by atoms with E-state index in [-0.39, 0.29) is 11.8 Å². The fraction of sp³-hybridized carbons (Fsp3) is 0.417. The molecular formula is C24H35N5O2. The van der Waals surface area contributed by atoms with Crippen LogP contribution in [0, 0.1) is 0 Å². The molecule has 0 unspecified atom stereocenters. The van der Waals surface area contributed by atoms with Crippen molar-refractivity contribution in [2.75, 3.05) is 26.2 Å². The number of nitrogens with two attached hydrogens (primary N) is 2. The Kier molecular flexibility index (Phi) is 11.3. The average molecular weight is 426 g/mol. The first-order valence-corrected chi connectivity index (χ1v) is 10.9. The van der Waals surface area contributed by atoms with Crippen LogP contribution in [-0.4, -0.2) is 50.1 Å². The largest absolute Gasteiger partial charge is 0.355 e. The van der Waals surface area contributed by atoms with Crippen LogP contribution in [0.15, 0.2) is 60.7 Å². The zero-order valence-electron chi connectivity index (χ0n) is 18.1. The highest BCUT2D eigenvalue weighted by Gasteiger charge is 2.14. The summed E-state index contributed by atoms with van der Waals surface area (Å²) in [5.74, 6) is -0.253. The van der Waals surface area contributed by atoms with Gasteiger partial charge in [-0.2, -0.15) is 0 Å². The van der Waals surface area contributed by atoms with Gasteiger partial charge in [-0.25, -0.2) is 0 Å². The molecule has 2 atom stereocenters. The molecule has 0 aliphatic carbocycles. The molecule has 7 N–H and O–H groups in total. The number of carbonyl (C=O) groups is 2. The maximum atomic E-state index is 12.0. The van der Waals surface area contributed by atoms with Crippen LogP contribution in [0.1, 0.15) is 24.0 Å². The highest BCUT2D eigenvalue weighted by atomic mass is 16.2. The van der Waals surface area contributed by atoms with Crippen molar-refractivity contribution >= 4 is 11.8 Å². The van der Waals surface area contributed by atoms with Gasteiger partial charge in [-0.15, -0.1) is 0 Å². The Hall–Kier alpha value is -2.74. The molecule has 2 rings (SSSR count). The summed E-state index contributed by atoms with van der Waals surface area (Å²) in [6.07, 6.45) is 2.70. The zero-order valence-corrected chi connectivity index (χ0v) is 18.1. The average Bonchev–Trinajstić information content (AvgIpc) is 2.78. The van der Waals surface area contributed by atoms with Gasteiger partial charge in [0.05, 0.1) is 12.1 Å². The topological polar surface area (TPSA) is 122 Å². The predicted octanol–water partition coefficient (Wildman–Crippen LogP) is 0.729. The van der Waals surface area contributed by atoms with Gasteiger partial charge in [-0.3, -0.25) is 9.59 Å². The summed E-state index contributed by atoms with van der Waals surface area (Å²) in [6.45, 7) is 2.74. The molecule has 0 aliphatic heterocycles. The third-order valence-corrected chi connectivity index (χ3v) is 4.93. The minimum atomic E-state index is -0.535. The first-order valence-electron chi connectivity index (χ1n) is 10.9. The summed E-state index contributed by atoms with van der Waals surface area (Å²) in [7, 11) is 0. The molecule has 0 fully saturated rings. The maximum absolute atomic E-state index is 12.0. The van der Waals surface area contributed by atoms with Crippen LogP contribution in [0.25, 0.3) is 0 Å². The predicted molar refractivity (Wildman–Crippen MR) is 124 cm³/mol. The quantitative estimate of drug-likeness (QED) is 0.286. The SMILES string of the molecule is N[C@@H](Cc1ccccc1)C(=O)NCCCNCCCNC(=O)[C@@H](N)Cc1ccccc1. The van der Waals surface area contributed by atoms with E-state index in [0.29, 0.717) is 25.9 Å². The van der Waals surface area contributed by atoms with E-state index < -0.39 is 12.1 Å². The molecule has 0 saturated heterocycles. The van der Waals surface area contributed by atoms with Crippen LogP contribution in [-0.2, 0) is 22.4 Å². The van der Waals surface area contributed by atoms with Gasteiger partial charge >= 0.3 is 0 Å². The van der Waals surface area contributed by atoms with Crippen LogP contribution in [0.5, 0.6) is 0 Å². The van der Waals surface area contributed by atoms with Crippen molar-refractivity contribution in [3.05, 3.63) is 71.8 Å². The third kappa shape index (κ3) is 10.2. The van der Waals surface area contributed by atoms with Crippen molar-refractivity contribution in [2.45, 2.75) is 37.8 Å². The number of hydrogen-bond donors (Lipinski definition) is 5. The summed E-state index contributed by atoms with van der Waals surface area (Å²) in [5.41, 5.74) is 14.0. The summed E-state index contributed by atoms with van der Waals surface area (Å²) in [4.78, 5) is 24.1. The lowest BCUT2D eigenvalue weighted by atomic mass is 10.1. The molecule has 0 radical (unpaired) electrons. The van der Waals surface area contributed by atoms with Crippen molar-refractivity contribution in [3.63, 3.8) is 0 Å². The van der Waals surface area contributed by atoms with E-state index in [2.05, 4.69) is 16.0 Å². The van der Waals surface area contributed by atoms with Gasteiger partial charge in [0, 0.05) is 13.1 Å². The molecule has 168 valence electrons. The van der Waals surface area contributed by atoms with E-state index >= 15 is 0 Å². The molecule has 0 aromatic heterocycles. The first kappa shape index (κ1) is 24.5. The number of rotatable bonds is 14. The Morgan fingerprint density at radius 1 is 0.645 bits per heavy atom. The van der Waals surface area contributed by atoms with E-state index in [1.807, 2.05) is 60.7 Å². The second kappa shape index (κ2) is 14.3. The first-order chi connectivity index (χ1) is 15.1. The highest BCUT2D eigenvalue weighted by Crippen LogP contribution is 2.02. The van der Waals surface area contributed by atoms with Gasteiger partial charge in [-0.05, 0) is 49.9 Å². The Labute approximate surface area is 185 Å². The lowest BCUT2D eigenvalue weighted by molar-refractivity contribution is -0.123. The minimum absolute atomic E-state index is 0.126. The molecule has 0 spiro atoms. The lowest BCUT2D eigenvalue weighted by Crippen LogP contribution is -2.43. The van der Waals surface area contributed by atoms with Gasteiger partial charge in [0.25, 0.3) is 0 Å². The molecule has 2 amide bonds. The van der Waals surface area contributed by atoms with Gasteiger partial charge in [-0.1, -0.05) is 60.7 Å². The van der Waals surface area contributed by atoms with E-state index in [1.54, 1.807) is 0 Å². The van der Waals surface area contributed by atoms with Crippen LogP contribution in [0.4, 0.5) is 0 Å². The number of hydrogen-bond acceptors (Lipinski definition) is 5. The fourth-order valence-corrected chi connectivity index (χ4v) is 3.16. The van der Waals surface area contributed by atoms with Gasteiger partial charge < -0.3 is 27.4 Å². The Balaban J connectivity index is 1.44. The number of benzene rings is 2. The normalized spacial score (nSPS) is 12.7. The van der Waals surface area contributed by atoms with Gasteiger partial charge in [0.1, 0.15) is 0 Å². The number of amides is 2. The van der Waals surface area contributed by atoms with Crippen LogP contribution < -0.4 is 27.4 Å². The van der Waals surface area contributed by atoms with Crippen LogP contribution >= 0.6 is 0 Å². The molecule has 0 saturated carbocycles. The van der Waals surface area contributed by atoms with Crippen LogP contribution in [0.3, 0.4) is 0 Å². The molecule has 0 heterocycles. The molecule has 0 aliphatic rings. The number of carbonyl (C=O) groups excluding carboxylic acids is 2. The van der Waals surface area contributed by atoms with Crippen molar-refractivity contribution in [2.24, 2.45) is 11.5 Å². The van der Waals surface area contributed by atoms with Gasteiger partial charge in [0.2, 0.25) is 11.8 Å². The molecule has 31 heavy (non-hydrogen) atoms. The van der Waals surface area contributed by atoms with Crippen LogP contribution in [0.2, 0.25) is 0 Å².